The Labute approximate surface area is 333 Å². The summed E-state index contributed by atoms with van der Waals surface area (Å²) in [7, 11) is -2.08. The average Bonchev–Trinajstić information content (AvgIpc) is 3.25. The van der Waals surface area contributed by atoms with Crippen LogP contribution in [0.25, 0.3) is 0 Å². The lowest BCUT2D eigenvalue weighted by Gasteiger charge is -2.13. The Hall–Kier alpha value is -5.91. The van der Waals surface area contributed by atoms with E-state index in [2.05, 4.69) is 5.32 Å². The zero-order valence-electron chi connectivity index (χ0n) is 31.9. The van der Waals surface area contributed by atoms with E-state index in [0.29, 0.717) is 12.0 Å². The highest BCUT2D eigenvalue weighted by atomic mass is 31.2. The van der Waals surface area contributed by atoms with Crippen molar-refractivity contribution < 1.29 is 47.0 Å². The van der Waals surface area contributed by atoms with Gasteiger partial charge >= 0.3 is 25.7 Å². The Bertz CT molecular complexity index is 1880. The molecular formula is C44H49N2O10P. The lowest BCUT2D eigenvalue weighted by atomic mass is 10.2. The van der Waals surface area contributed by atoms with E-state index in [4.69, 9.17) is 28.8 Å². The molecule has 1 atom stereocenters. The summed E-state index contributed by atoms with van der Waals surface area (Å²) in [6.07, 6.45) is 0.810. The van der Waals surface area contributed by atoms with Crippen molar-refractivity contribution in [2.75, 3.05) is 13.7 Å². The van der Waals surface area contributed by atoms with Crippen molar-refractivity contribution in [2.24, 2.45) is 5.50 Å². The van der Waals surface area contributed by atoms with Crippen LogP contribution in [-0.2, 0) is 68.6 Å². The van der Waals surface area contributed by atoms with Gasteiger partial charge in [0.25, 0.3) is 5.91 Å². The number of nitrogens with one attached hydrogen (secondary N) is 1. The standard InChI is InChI=1S/C19H20O4.C17H20NO5P.C8H9NO/c20-18(22-14-16-8-3-1-4-9-16)12-7-13-19(21)23-15-17-10-5-2-6-11-17;18-24(20,23-14-16-9-5-2-6-10-16)22-12-11-17(19)21-13-15-7-3-1-4-8-15;1-9-8(10)7-5-3-2-4-6-7/h1-6,8-11H,7,12-15H2;1-10H,11-14H2,(H2,18,20);2-6H,1H3,(H,9,10). The first-order chi connectivity index (χ1) is 27.6. The van der Waals surface area contributed by atoms with Gasteiger partial charge in [-0.1, -0.05) is 140 Å². The summed E-state index contributed by atoms with van der Waals surface area (Å²) >= 11 is 0. The van der Waals surface area contributed by atoms with Gasteiger partial charge < -0.3 is 19.5 Å². The van der Waals surface area contributed by atoms with E-state index >= 15 is 0 Å². The maximum Gasteiger partial charge on any atom is 0.403 e. The molecule has 0 aliphatic carbocycles. The Morgan fingerprint density at radius 1 is 0.491 bits per heavy atom. The Morgan fingerprint density at radius 2 is 0.825 bits per heavy atom. The summed E-state index contributed by atoms with van der Waals surface area (Å²) in [6.45, 7) is 0.657. The Kier molecular flexibility index (Phi) is 21.4. The molecule has 3 N–H and O–H groups in total. The molecule has 1 unspecified atom stereocenters. The van der Waals surface area contributed by atoms with Gasteiger partial charge in [0.15, 0.2) is 0 Å². The van der Waals surface area contributed by atoms with Crippen LogP contribution in [0.3, 0.4) is 0 Å². The number of nitrogens with two attached hydrogens (primary N) is 1. The maximum atomic E-state index is 11.9. The van der Waals surface area contributed by atoms with E-state index < -0.39 is 13.7 Å². The number of benzene rings is 5. The molecule has 0 aromatic heterocycles. The van der Waals surface area contributed by atoms with Crippen molar-refractivity contribution in [1.29, 1.82) is 0 Å². The van der Waals surface area contributed by atoms with Crippen LogP contribution in [0.4, 0.5) is 0 Å². The Morgan fingerprint density at radius 3 is 1.19 bits per heavy atom. The van der Waals surface area contributed by atoms with Gasteiger partial charge in [-0.15, -0.1) is 0 Å². The van der Waals surface area contributed by atoms with Gasteiger partial charge in [0, 0.05) is 25.5 Å². The van der Waals surface area contributed by atoms with Crippen LogP contribution in [0.2, 0.25) is 0 Å². The first-order valence-electron chi connectivity index (χ1n) is 18.2. The molecule has 0 fully saturated rings. The maximum absolute atomic E-state index is 11.9. The van der Waals surface area contributed by atoms with Crippen LogP contribution in [0.15, 0.2) is 152 Å². The molecule has 12 nitrogen and oxygen atoms in total. The SMILES string of the molecule is CNC(=O)c1ccccc1.NP(=O)(OCCC(=O)OCc1ccccc1)OCc1ccccc1.O=C(CCCC(=O)OCc1ccccc1)OCc1ccccc1. The molecule has 5 aromatic carbocycles. The normalized spacial score (nSPS) is 11.2. The van der Waals surface area contributed by atoms with Crippen molar-refractivity contribution in [3.8, 4) is 0 Å². The summed E-state index contributed by atoms with van der Waals surface area (Å²) in [4.78, 5) is 45.7. The second kappa shape index (κ2) is 26.8. The number of esters is 3. The Balaban J connectivity index is 0.000000247. The van der Waals surface area contributed by atoms with Gasteiger partial charge in [0.1, 0.15) is 19.8 Å². The molecule has 57 heavy (non-hydrogen) atoms. The third kappa shape index (κ3) is 21.1. The number of amides is 1. The molecule has 0 bridgehead atoms. The molecule has 0 heterocycles. The van der Waals surface area contributed by atoms with Gasteiger partial charge in [0.05, 0.1) is 19.6 Å². The van der Waals surface area contributed by atoms with Crippen LogP contribution < -0.4 is 10.8 Å². The number of hydrogen-bond acceptors (Lipinski definition) is 10. The minimum Gasteiger partial charge on any atom is -0.461 e. The molecule has 13 heteroatoms. The molecule has 0 saturated carbocycles. The second-order valence-electron chi connectivity index (χ2n) is 12.1. The van der Waals surface area contributed by atoms with Crippen molar-refractivity contribution in [2.45, 2.75) is 52.1 Å². The molecule has 0 radical (unpaired) electrons. The van der Waals surface area contributed by atoms with E-state index in [1.165, 1.54) is 0 Å². The molecule has 0 aliphatic heterocycles. The van der Waals surface area contributed by atoms with E-state index in [1.807, 2.05) is 140 Å². The molecule has 5 aromatic rings. The highest BCUT2D eigenvalue weighted by Gasteiger charge is 2.19. The van der Waals surface area contributed by atoms with Gasteiger partial charge in [-0.2, -0.15) is 0 Å². The first-order valence-corrected chi connectivity index (χ1v) is 19.8. The summed E-state index contributed by atoms with van der Waals surface area (Å²) in [5, 5.41) is 2.54. The number of carbonyl (C=O) groups excluding carboxylic acids is 4. The van der Waals surface area contributed by atoms with E-state index in [1.54, 1.807) is 19.2 Å². The molecule has 5 rings (SSSR count). The van der Waals surface area contributed by atoms with E-state index in [9.17, 15) is 23.7 Å². The fraction of sp³-hybridized carbons (Fsp3) is 0.227. The molecule has 0 saturated heterocycles. The second-order valence-corrected chi connectivity index (χ2v) is 13.7. The van der Waals surface area contributed by atoms with Gasteiger partial charge in [-0.25, -0.2) is 10.1 Å². The van der Waals surface area contributed by atoms with Crippen molar-refractivity contribution in [1.82, 2.24) is 5.32 Å². The summed E-state index contributed by atoms with van der Waals surface area (Å²) in [5.74, 6) is -1.10. The highest BCUT2D eigenvalue weighted by molar-refractivity contribution is 7.51. The van der Waals surface area contributed by atoms with Crippen LogP contribution in [0.1, 0.15) is 58.3 Å². The number of carbonyl (C=O) groups is 4. The fourth-order valence-corrected chi connectivity index (χ4v) is 5.32. The number of hydrogen-bond donors (Lipinski definition) is 2. The van der Waals surface area contributed by atoms with Crippen molar-refractivity contribution in [3.63, 3.8) is 0 Å². The summed E-state index contributed by atoms with van der Waals surface area (Å²) < 4.78 is 37.4. The average molecular weight is 797 g/mol. The van der Waals surface area contributed by atoms with Crippen molar-refractivity contribution >= 4 is 31.6 Å². The first kappa shape index (κ1) is 45.5. The minimum atomic E-state index is -3.70. The zero-order chi connectivity index (χ0) is 41.0. The van der Waals surface area contributed by atoms with Gasteiger partial charge in [-0.3, -0.25) is 28.2 Å². The smallest absolute Gasteiger partial charge is 0.403 e. The quantitative estimate of drug-likeness (QED) is 0.0499. The minimum absolute atomic E-state index is 0.0411. The largest absolute Gasteiger partial charge is 0.461 e. The van der Waals surface area contributed by atoms with Crippen LogP contribution >= 0.6 is 7.75 Å². The lowest BCUT2D eigenvalue weighted by molar-refractivity contribution is -0.147. The third-order valence-corrected chi connectivity index (χ3v) is 8.62. The van der Waals surface area contributed by atoms with Crippen LogP contribution in [0, 0.1) is 0 Å². The molecule has 0 spiro atoms. The highest BCUT2D eigenvalue weighted by Crippen LogP contribution is 2.40. The topological polar surface area (TPSA) is 170 Å². The van der Waals surface area contributed by atoms with Crippen molar-refractivity contribution in [3.05, 3.63) is 179 Å². The zero-order valence-corrected chi connectivity index (χ0v) is 32.8. The molecule has 300 valence electrons. The summed E-state index contributed by atoms with van der Waals surface area (Å²) in [6, 6.07) is 46.6. The summed E-state index contributed by atoms with van der Waals surface area (Å²) in [5.41, 5.74) is 9.79. The monoisotopic (exact) mass is 796 g/mol. The van der Waals surface area contributed by atoms with Gasteiger partial charge in [0.2, 0.25) is 0 Å². The molecule has 0 aliphatic rings. The predicted octanol–water partition coefficient (Wildman–Crippen LogP) is 8.11. The van der Waals surface area contributed by atoms with Crippen LogP contribution in [-0.4, -0.2) is 37.5 Å². The van der Waals surface area contributed by atoms with Crippen LogP contribution in [0.5, 0.6) is 0 Å². The fourth-order valence-electron chi connectivity index (χ4n) is 4.57. The third-order valence-electron chi connectivity index (χ3n) is 7.58. The predicted molar refractivity (Wildman–Crippen MR) is 216 cm³/mol. The van der Waals surface area contributed by atoms with Gasteiger partial charge in [-0.05, 0) is 40.8 Å². The lowest BCUT2D eigenvalue weighted by Crippen LogP contribution is -2.17. The number of rotatable bonds is 18. The number of ether oxygens (including phenoxy) is 3. The van der Waals surface area contributed by atoms with E-state index in [0.717, 1.165) is 22.3 Å². The van der Waals surface area contributed by atoms with E-state index in [-0.39, 0.29) is 70.1 Å². The molecule has 1 amide bonds. The molecular weight excluding hydrogens is 747 g/mol.